The number of hydrogen-bond donors (Lipinski definition) is 2. The van der Waals surface area contributed by atoms with Crippen molar-refractivity contribution in [3.05, 3.63) is 11.4 Å². The van der Waals surface area contributed by atoms with Gasteiger partial charge in [-0.2, -0.15) is 18.3 Å². The highest BCUT2D eigenvalue weighted by atomic mass is 35.7. The summed E-state index contributed by atoms with van der Waals surface area (Å²) in [7, 11) is 0.838. The Morgan fingerprint density at radius 1 is 1.47 bits per heavy atom. The van der Waals surface area contributed by atoms with Crippen LogP contribution in [0.3, 0.4) is 0 Å². The minimum absolute atomic E-state index is 0.0483. The second-order valence-corrected chi connectivity index (χ2v) is 5.97. The third kappa shape index (κ3) is 4.10. The SMILES string of the molecule is CCc1[nH]nc(C(=O)NCC(F)(F)F)c1S(=O)(=O)Cl. The summed E-state index contributed by atoms with van der Waals surface area (Å²) in [6.07, 6.45) is -4.44. The van der Waals surface area contributed by atoms with Gasteiger partial charge in [-0.3, -0.25) is 9.89 Å². The standard InChI is InChI=1S/C8H9ClF3N3O3S/c1-2-4-6(19(9,17)18)5(15-14-4)7(16)13-3-8(10,11)12/h2-3H2,1H3,(H,13,16)(H,14,15). The molecule has 1 aromatic heterocycles. The summed E-state index contributed by atoms with van der Waals surface area (Å²) in [4.78, 5) is 10.9. The predicted octanol–water partition coefficient (Wildman–Crippen LogP) is 1.19. The molecule has 108 valence electrons. The van der Waals surface area contributed by atoms with Gasteiger partial charge in [-0.1, -0.05) is 6.92 Å². The summed E-state index contributed by atoms with van der Waals surface area (Å²) in [5.41, 5.74) is -0.636. The van der Waals surface area contributed by atoms with Crippen molar-refractivity contribution in [1.82, 2.24) is 15.5 Å². The monoisotopic (exact) mass is 319 g/mol. The van der Waals surface area contributed by atoms with Gasteiger partial charge in [0.1, 0.15) is 11.4 Å². The van der Waals surface area contributed by atoms with E-state index in [0.29, 0.717) is 0 Å². The van der Waals surface area contributed by atoms with Gasteiger partial charge in [0, 0.05) is 10.7 Å². The lowest BCUT2D eigenvalue weighted by atomic mass is 10.3. The van der Waals surface area contributed by atoms with E-state index in [4.69, 9.17) is 10.7 Å². The van der Waals surface area contributed by atoms with E-state index in [0.717, 1.165) is 0 Å². The smallest absolute Gasteiger partial charge is 0.341 e. The average molecular weight is 320 g/mol. The Kier molecular flexibility index (Phi) is 4.46. The number of amides is 1. The molecule has 0 saturated heterocycles. The van der Waals surface area contributed by atoms with Crippen LogP contribution >= 0.6 is 10.7 Å². The van der Waals surface area contributed by atoms with Crippen LogP contribution in [0, 0.1) is 0 Å². The molecule has 1 amide bonds. The van der Waals surface area contributed by atoms with Gasteiger partial charge >= 0.3 is 6.18 Å². The van der Waals surface area contributed by atoms with Crippen molar-refractivity contribution in [3.63, 3.8) is 0 Å². The number of rotatable bonds is 4. The van der Waals surface area contributed by atoms with Gasteiger partial charge in [0.05, 0.1) is 5.69 Å². The van der Waals surface area contributed by atoms with Gasteiger partial charge in [-0.15, -0.1) is 0 Å². The highest BCUT2D eigenvalue weighted by molar-refractivity contribution is 8.13. The van der Waals surface area contributed by atoms with E-state index in [1.807, 2.05) is 0 Å². The second kappa shape index (κ2) is 5.37. The van der Waals surface area contributed by atoms with E-state index < -0.39 is 38.3 Å². The van der Waals surface area contributed by atoms with Gasteiger partial charge in [-0.25, -0.2) is 8.42 Å². The third-order valence-electron chi connectivity index (χ3n) is 2.05. The highest BCUT2D eigenvalue weighted by Crippen LogP contribution is 2.23. The quantitative estimate of drug-likeness (QED) is 0.815. The lowest BCUT2D eigenvalue weighted by molar-refractivity contribution is -0.123. The van der Waals surface area contributed by atoms with E-state index in [9.17, 15) is 26.4 Å². The minimum Gasteiger partial charge on any atom is -0.341 e. The first-order chi connectivity index (χ1) is 8.56. The fraction of sp³-hybridized carbons (Fsp3) is 0.500. The maximum absolute atomic E-state index is 12.0. The maximum Gasteiger partial charge on any atom is 0.405 e. The molecule has 0 spiro atoms. The first kappa shape index (κ1) is 15.8. The van der Waals surface area contributed by atoms with Gasteiger partial charge in [0.2, 0.25) is 0 Å². The molecule has 0 radical (unpaired) electrons. The number of aromatic amines is 1. The van der Waals surface area contributed by atoms with Gasteiger partial charge in [0.25, 0.3) is 15.0 Å². The van der Waals surface area contributed by atoms with Crippen LogP contribution in [0.15, 0.2) is 4.90 Å². The zero-order valence-electron chi connectivity index (χ0n) is 9.51. The number of nitrogens with one attached hydrogen (secondary N) is 2. The van der Waals surface area contributed by atoms with Crippen LogP contribution < -0.4 is 5.32 Å². The fourth-order valence-electron chi connectivity index (χ4n) is 1.29. The van der Waals surface area contributed by atoms with Crippen molar-refractivity contribution in [2.45, 2.75) is 24.4 Å². The molecule has 0 fully saturated rings. The fourth-order valence-corrected chi connectivity index (χ4v) is 2.64. The van der Waals surface area contributed by atoms with Gasteiger partial charge < -0.3 is 5.32 Å². The van der Waals surface area contributed by atoms with Crippen molar-refractivity contribution in [2.24, 2.45) is 0 Å². The van der Waals surface area contributed by atoms with E-state index in [-0.39, 0.29) is 12.1 Å². The topological polar surface area (TPSA) is 91.9 Å². The second-order valence-electron chi connectivity index (χ2n) is 3.47. The number of alkyl halides is 3. The van der Waals surface area contributed by atoms with Crippen LogP contribution in [0.2, 0.25) is 0 Å². The van der Waals surface area contributed by atoms with Crippen molar-refractivity contribution >= 4 is 25.6 Å². The minimum atomic E-state index is -4.61. The molecular weight excluding hydrogens is 311 g/mol. The average Bonchev–Trinajstić information content (AvgIpc) is 2.68. The molecule has 0 aromatic carbocycles. The lowest BCUT2D eigenvalue weighted by Crippen LogP contribution is -2.34. The Bertz CT molecular complexity index is 582. The Balaban J connectivity index is 3.08. The summed E-state index contributed by atoms with van der Waals surface area (Å²) in [6.45, 7) is -0.0294. The van der Waals surface area contributed by atoms with Crippen molar-refractivity contribution in [1.29, 1.82) is 0 Å². The molecule has 11 heteroatoms. The summed E-state index contributed by atoms with van der Waals surface area (Å²) < 4.78 is 58.5. The summed E-state index contributed by atoms with van der Waals surface area (Å²) >= 11 is 0. The molecule has 19 heavy (non-hydrogen) atoms. The molecule has 1 heterocycles. The molecule has 6 nitrogen and oxygen atoms in total. The zero-order chi connectivity index (χ0) is 14.8. The molecule has 0 aliphatic heterocycles. The Hall–Kier alpha value is -1.29. The van der Waals surface area contributed by atoms with Crippen molar-refractivity contribution < 1.29 is 26.4 Å². The number of nitrogens with zero attached hydrogens (tertiary/aromatic N) is 1. The molecule has 0 aliphatic carbocycles. The lowest BCUT2D eigenvalue weighted by Gasteiger charge is -2.07. The van der Waals surface area contributed by atoms with Gasteiger partial charge in [-0.05, 0) is 6.42 Å². The van der Waals surface area contributed by atoms with E-state index in [1.165, 1.54) is 5.32 Å². The molecule has 0 unspecified atom stereocenters. The number of carbonyl (C=O) groups is 1. The van der Waals surface area contributed by atoms with Crippen LogP contribution in [-0.2, 0) is 15.5 Å². The summed E-state index contributed by atoms with van der Waals surface area (Å²) in [5.74, 6) is -1.27. The molecule has 0 saturated carbocycles. The number of hydrogen-bond acceptors (Lipinski definition) is 4. The number of carbonyl (C=O) groups excluding carboxylic acids is 1. The molecule has 1 rings (SSSR count). The van der Waals surface area contributed by atoms with E-state index >= 15 is 0 Å². The van der Waals surface area contributed by atoms with Crippen LogP contribution in [0.1, 0.15) is 23.1 Å². The Morgan fingerprint density at radius 2 is 2.05 bits per heavy atom. The van der Waals surface area contributed by atoms with Crippen molar-refractivity contribution in [3.8, 4) is 0 Å². The molecule has 0 atom stereocenters. The first-order valence-electron chi connectivity index (χ1n) is 4.93. The Labute approximate surface area is 110 Å². The van der Waals surface area contributed by atoms with E-state index in [2.05, 4.69) is 10.2 Å². The van der Waals surface area contributed by atoms with Crippen LogP contribution in [0.5, 0.6) is 0 Å². The number of aryl methyl sites for hydroxylation is 1. The summed E-state index contributed by atoms with van der Waals surface area (Å²) in [5, 5.41) is 7.16. The normalized spacial score (nSPS) is 12.5. The largest absolute Gasteiger partial charge is 0.405 e. The summed E-state index contributed by atoms with van der Waals surface area (Å²) in [6, 6.07) is 0. The molecule has 0 bridgehead atoms. The molecule has 2 N–H and O–H groups in total. The zero-order valence-corrected chi connectivity index (χ0v) is 11.1. The highest BCUT2D eigenvalue weighted by Gasteiger charge is 2.31. The molecular formula is C8H9ClF3N3O3S. The first-order valence-corrected chi connectivity index (χ1v) is 7.24. The Morgan fingerprint density at radius 3 is 2.47 bits per heavy atom. The number of H-pyrrole nitrogens is 1. The van der Waals surface area contributed by atoms with Crippen LogP contribution in [0.25, 0.3) is 0 Å². The number of aromatic nitrogens is 2. The number of halogens is 4. The van der Waals surface area contributed by atoms with Gasteiger partial charge in [0.15, 0.2) is 5.69 Å². The van der Waals surface area contributed by atoms with E-state index in [1.54, 1.807) is 6.92 Å². The third-order valence-corrected chi connectivity index (χ3v) is 3.44. The van der Waals surface area contributed by atoms with Crippen LogP contribution in [0.4, 0.5) is 13.2 Å². The molecule has 0 aliphatic rings. The molecule has 1 aromatic rings. The van der Waals surface area contributed by atoms with Crippen LogP contribution in [-0.4, -0.2) is 37.2 Å². The van der Waals surface area contributed by atoms with Crippen molar-refractivity contribution in [2.75, 3.05) is 6.54 Å². The maximum atomic E-state index is 12.0. The predicted molar refractivity (Wildman–Crippen MR) is 59.4 cm³/mol.